The number of hydrogen-bond acceptors (Lipinski definition) is 8. The highest BCUT2D eigenvalue weighted by Gasteiger charge is 2.35. The van der Waals surface area contributed by atoms with Crippen LogP contribution in [-0.4, -0.2) is 49.7 Å². The summed E-state index contributed by atoms with van der Waals surface area (Å²) in [6, 6.07) is 21.9. The van der Waals surface area contributed by atoms with Gasteiger partial charge in [-0.1, -0.05) is 48.5 Å². The lowest BCUT2D eigenvalue weighted by Crippen LogP contribution is -2.28. The van der Waals surface area contributed by atoms with E-state index < -0.39 is 33.5 Å². The number of sulfonamides is 1. The third-order valence-electron chi connectivity index (χ3n) is 5.68. The summed E-state index contributed by atoms with van der Waals surface area (Å²) in [5, 5.41) is 0. The zero-order valence-electron chi connectivity index (χ0n) is 22.5. The molecule has 2 heterocycles. The molecule has 0 saturated heterocycles. The molecule has 3 N–H and O–H groups in total. The molecule has 43 heavy (non-hydrogen) atoms. The second-order valence-electron chi connectivity index (χ2n) is 8.88. The van der Waals surface area contributed by atoms with Gasteiger partial charge in [-0.25, -0.2) is 27.8 Å². The monoisotopic (exact) mass is 615 g/mol. The Balaban J connectivity index is 1.62. The Hall–Kier alpha value is -4.98. The summed E-state index contributed by atoms with van der Waals surface area (Å²) in [7, 11) is -3.74. The molecular formula is C29H25F4N5O4S. The van der Waals surface area contributed by atoms with Gasteiger partial charge < -0.3 is 15.2 Å². The van der Waals surface area contributed by atoms with Crippen LogP contribution in [0.4, 0.5) is 28.9 Å². The van der Waals surface area contributed by atoms with Gasteiger partial charge in [-0.3, -0.25) is 4.72 Å². The lowest BCUT2D eigenvalue weighted by molar-refractivity contribution is -0.106. The second-order valence-corrected chi connectivity index (χ2v) is 10.6. The van der Waals surface area contributed by atoms with E-state index in [0.717, 1.165) is 31.0 Å². The van der Waals surface area contributed by atoms with E-state index in [1.54, 1.807) is 4.72 Å². The largest absolute Gasteiger partial charge is 0.480 e. The zero-order chi connectivity index (χ0) is 31.0. The minimum atomic E-state index is -4.99. The standard InChI is InChI=1S/C29H25F4N5O4S/c1-41-28-24(38-43(39,40)18-29(31,32)33)14-20(16-35-28)27-23(30)12-13-25(37-27)42-17-21(15-34)26(19-8-4-2-5-9-19)36-22-10-6-3-7-11-22/h2-16,38H,17-18,34H2,1H3/b21-15-,36-26?. The van der Waals surface area contributed by atoms with Gasteiger partial charge >= 0.3 is 6.18 Å². The van der Waals surface area contributed by atoms with Crippen molar-refractivity contribution in [2.24, 2.45) is 10.7 Å². The first kappa shape index (κ1) is 31.0. The third-order valence-corrected chi connectivity index (χ3v) is 6.92. The van der Waals surface area contributed by atoms with E-state index in [-0.39, 0.29) is 29.6 Å². The Bertz CT molecular complexity index is 1730. The van der Waals surface area contributed by atoms with Crippen LogP contribution in [0.3, 0.4) is 0 Å². The van der Waals surface area contributed by atoms with Crippen LogP contribution in [-0.2, 0) is 10.0 Å². The number of aromatic nitrogens is 2. The molecule has 0 radical (unpaired) electrons. The molecule has 0 aliphatic rings. The number of ether oxygens (including phenoxy) is 2. The van der Waals surface area contributed by atoms with Crippen molar-refractivity contribution < 1.29 is 35.5 Å². The Morgan fingerprint density at radius 2 is 1.72 bits per heavy atom. The molecule has 14 heteroatoms. The minimum Gasteiger partial charge on any atom is -0.480 e. The molecule has 0 saturated carbocycles. The molecule has 0 atom stereocenters. The molecule has 9 nitrogen and oxygen atoms in total. The van der Waals surface area contributed by atoms with Gasteiger partial charge in [0.1, 0.15) is 23.8 Å². The van der Waals surface area contributed by atoms with Crippen LogP contribution in [0.1, 0.15) is 5.56 Å². The molecule has 0 aliphatic carbocycles. The number of anilines is 1. The summed E-state index contributed by atoms with van der Waals surface area (Å²) >= 11 is 0. The van der Waals surface area contributed by atoms with Gasteiger partial charge in [-0.05, 0) is 24.3 Å². The van der Waals surface area contributed by atoms with E-state index >= 15 is 0 Å². The van der Waals surface area contributed by atoms with E-state index in [1.807, 2.05) is 60.7 Å². The van der Waals surface area contributed by atoms with Gasteiger partial charge in [0.2, 0.25) is 21.8 Å². The number of benzene rings is 2. The number of alkyl halides is 3. The number of aliphatic imine (C=N–C) groups is 1. The SMILES string of the molecule is COc1ncc(-c2nc(OC/C(=C/N)C(=Nc3ccccc3)c3ccccc3)ccc2F)cc1NS(=O)(=O)CC(F)(F)F. The van der Waals surface area contributed by atoms with E-state index in [9.17, 15) is 26.0 Å². The van der Waals surface area contributed by atoms with Crippen molar-refractivity contribution in [3.63, 3.8) is 0 Å². The van der Waals surface area contributed by atoms with E-state index in [0.29, 0.717) is 17.0 Å². The maximum absolute atomic E-state index is 14.9. The van der Waals surface area contributed by atoms with E-state index in [1.165, 1.54) is 12.3 Å². The van der Waals surface area contributed by atoms with Crippen LogP contribution in [0.2, 0.25) is 0 Å². The van der Waals surface area contributed by atoms with Crippen molar-refractivity contribution in [1.29, 1.82) is 0 Å². The number of pyridine rings is 2. The first-order chi connectivity index (χ1) is 20.5. The van der Waals surface area contributed by atoms with Crippen molar-refractivity contribution in [2.45, 2.75) is 6.18 Å². The molecule has 0 spiro atoms. The molecule has 2 aromatic carbocycles. The van der Waals surface area contributed by atoms with Crippen molar-refractivity contribution in [1.82, 2.24) is 9.97 Å². The predicted octanol–water partition coefficient (Wildman–Crippen LogP) is 5.64. The molecular weight excluding hydrogens is 590 g/mol. The number of halogens is 4. The molecule has 224 valence electrons. The normalized spacial score (nSPS) is 12.6. The van der Waals surface area contributed by atoms with Crippen LogP contribution in [0, 0.1) is 5.82 Å². The van der Waals surface area contributed by atoms with Gasteiger partial charge in [0.15, 0.2) is 5.75 Å². The number of nitrogens with zero attached hydrogens (tertiary/aromatic N) is 3. The van der Waals surface area contributed by atoms with Gasteiger partial charge in [0.25, 0.3) is 0 Å². The average Bonchev–Trinajstić information content (AvgIpc) is 2.97. The Kier molecular flexibility index (Phi) is 9.60. The van der Waals surface area contributed by atoms with Crippen LogP contribution in [0.5, 0.6) is 11.8 Å². The van der Waals surface area contributed by atoms with Gasteiger partial charge in [0.05, 0.1) is 18.5 Å². The Morgan fingerprint density at radius 3 is 2.35 bits per heavy atom. The Morgan fingerprint density at radius 1 is 1.05 bits per heavy atom. The lowest BCUT2D eigenvalue weighted by atomic mass is 10.0. The van der Waals surface area contributed by atoms with Crippen LogP contribution >= 0.6 is 0 Å². The number of methoxy groups -OCH3 is 1. The highest BCUT2D eigenvalue weighted by atomic mass is 32.2. The van der Waals surface area contributed by atoms with Crippen LogP contribution in [0.25, 0.3) is 11.3 Å². The van der Waals surface area contributed by atoms with Crippen molar-refractivity contribution in [3.05, 3.63) is 108 Å². The summed E-state index contributed by atoms with van der Waals surface area (Å²) < 4.78 is 89.7. The summed E-state index contributed by atoms with van der Waals surface area (Å²) in [5.41, 5.74) is 7.64. The smallest absolute Gasteiger partial charge is 0.404 e. The molecule has 4 rings (SSSR count). The minimum absolute atomic E-state index is 0.0297. The summed E-state index contributed by atoms with van der Waals surface area (Å²) in [6.45, 7) is -0.113. The third kappa shape index (κ3) is 8.52. The maximum atomic E-state index is 14.9. The average molecular weight is 616 g/mol. The molecule has 0 aliphatic heterocycles. The molecule has 0 unspecified atom stereocenters. The van der Waals surface area contributed by atoms with Gasteiger partial charge in [-0.2, -0.15) is 13.2 Å². The number of para-hydroxylation sites is 1. The summed E-state index contributed by atoms with van der Waals surface area (Å²) in [5.74, 6) is -3.32. The molecule has 0 fully saturated rings. The fourth-order valence-electron chi connectivity index (χ4n) is 3.84. The fraction of sp³-hybridized carbons (Fsp3) is 0.138. The zero-order valence-corrected chi connectivity index (χ0v) is 23.4. The number of nitrogens with two attached hydrogens (primary N) is 1. The van der Waals surface area contributed by atoms with Crippen molar-refractivity contribution in [3.8, 4) is 23.0 Å². The first-order valence-corrected chi connectivity index (χ1v) is 14.1. The highest BCUT2D eigenvalue weighted by Crippen LogP contribution is 2.31. The quantitative estimate of drug-likeness (QED) is 0.165. The summed E-state index contributed by atoms with van der Waals surface area (Å²) in [4.78, 5) is 12.8. The first-order valence-electron chi connectivity index (χ1n) is 12.5. The second kappa shape index (κ2) is 13.3. The maximum Gasteiger partial charge on any atom is 0.404 e. The van der Waals surface area contributed by atoms with Gasteiger partial charge in [0, 0.05) is 35.2 Å². The van der Waals surface area contributed by atoms with Crippen molar-refractivity contribution in [2.75, 3.05) is 24.2 Å². The van der Waals surface area contributed by atoms with Gasteiger partial charge in [-0.15, -0.1) is 0 Å². The molecule has 4 aromatic rings. The molecule has 0 amide bonds. The number of nitrogens with one attached hydrogen (secondary N) is 1. The van der Waals surface area contributed by atoms with Crippen molar-refractivity contribution >= 4 is 27.1 Å². The van der Waals surface area contributed by atoms with Crippen LogP contribution in [0.15, 0.2) is 102 Å². The number of hydrogen-bond donors (Lipinski definition) is 2. The predicted molar refractivity (Wildman–Crippen MR) is 154 cm³/mol. The summed E-state index contributed by atoms with van der Waals surface area (Å²) in [6.07, 6.45) is -2.53. The van der Waals surface area contributed by atoms with Crippen LogP contribution < -0.4 is 19.9 Å². The molecule has 0 bridgehead atoms. The fourth-order valence-corrected chi connectivity index (χ4v) is 4.82. The topological polar surface area (TPSA) is 129 Å². The van der Waals surface area contributed by atoms with E-state index in [2.05, 4.69) is 9.97 Å². The van der Waals surface area contributed by atoms with E-state index in [4.69, 9.17) is 20.2 Å². The molecule has 2 aromatic heterocycles. The highest BCUT2D eigenvalue weighted by molar-refractivity contribution is 7.92. The number of rotatable bonds is 11. The lowest BCUT2D eigenvalue weighted by Gasteiger charge is -2.15. The Labute approximate surface area is 244 Å².